The normalized spacial score (nSPS) is 20.1. The molecule has 1 saturated heterocycles. The molecule has 31 heavy (non-hydrogen) atoms. The highest BCUT2D eigenvalue weighted by atomic mass is 32.2. The molecular formula is C21H18N2O6S2. The number of thioether (sulfide) groups is 2. The van der Waals surface area contributed by atoms with Gasteiger partial charge < -0.3 is 14.8 Å². The molecule has 2 amide bonds. The third kappa shape index (κ3) is 4.40. The van der Waals surface area contributed by atoms with Crippen LogP contribution in [-0.2, 0) is 20.8 Å². The fourth-order valence-corrected chi connectivity index (χ4v) is 5.70. The van der Waals surface area contributed by atoms with Gasteiger partial charge in [-0.15, -0.1) is 11.8 Å². The molecule has 4 rings (SSSR count). The summed E-state index contributed by atoms with van der Waals surface area (Å²) >= 11 is 2.30. The van der Waals surface area contributed by atoms with Crippen molar-refractivity contribution in [1.82, 2.24) is 10.2 Å². The summed E-state index contributed by atoms with van der Waals surface area (Å²) in [6, 6.07) is 11.5. The van der Waals surface area contributed by atoms with E-state index in [2.05, 4.69) is 5.32 Å². The molecule has 2 aliphatic heterocycles. The van der Waals surface area contributed by atoms with Crippen molar-refractivity contribution >= 4 is 46.4 Å². The number of nitrogens with one attached hydrogen (secondary N) is 1. The number of hydrogen-bond acceptors (Lipinski definition) is 7. The molecule has 0 bridgehead atoms. The van der Waals surface area contributed by atoms with Crippen LogP contribution in [0, 0.1) is 0 Å². The zero-order valence-electron chi connectivity index (χ0n) is 16.1. The monoisotopic (exact) mass is 458 g/mol. The van der Waals surface area contributed by atoms with Gasteiger partial charge in [-0.1, -0.05) is 42.1 Å². The van der Waals surface area contributed by atoms with Crippen LogP contribution in [0.15, 0.2) is 64.4 Å². The molecule has 3 heterocycles. The van der Waals surface area contributed by atoms with E-state index in [4.69, 9.17) is 4.42 Å². The molecule has 1 aromatic carbocycles. The van der Waals surface area contributed by atoms with E-state index in [1.54, 1.807) is 6.07 Å². The van der Waals surface area contributed by atoms with Gasteiger partial charge in [-0.05, 0) is 23.3 Å². The molecule has 1 fully saturated rings. The molecule has 10 heteroatoms. The maximum Gasteiger partial charge on any atom is 0.352 e. The number of β-lactam (4-membered cyclic amide) rings is 1. The van der Waals surface area contributed by atoms with E-state index >= 15 is 0 Å². The first-order valence-electron chi connectivity index (χ1n) is 9.39. The summed E-state index contributed by atoms with van der Waals surface area (Å²) < 4.78 is 5.06. The number of furan rings is 1. The van der Waals surface area contributed by atoms with Gasteiger partial charge in [-0.25, -0.2) is 4.79 Å². The van der Waals surface area contributed by atoms with E-state index in [1.807, 2.05) is 30.3 Å². The lowest BCUT2D eigenvalue weighted by molar-refractivity contribution is -0.150. The molecule has 160 valence electrons. The second-order valence-corrected chi connectivity index (χ2v) is 8.98. The van der Waals surface area contributed by atoms with Gasteiger partial charge in [0.15, 0.2) is 5.76 Å². The van der Waals surface area contributed by atoms with E-state index in [0.717, 1.165) is 17.3 Å². The average molecular weight is 459 g/mol. The zero-order valence-corrected chi connectivity index (χ0v) is 17.8. The molecular weight excluding hydrogens is 440 g/mol. The van der Waals surface area contributed by atoms with Crippen molar-refractivity contribution in [2.24, 2.45) is 0 Å². The van der Waals surface area contributed by atoms with Crippen molar-refractivity contribution < 1.29 is 28.7 Å². The zero-order chi connectivity index (χ0) is 22.0. The number of carboxylic acids is 1. The highest BCUT2D eigenvalue weighted by Gasteiger charge is 2.54. The van der Waals surface area contributed by atoms with Crippen molar-refractivity contribution in [3.05, 3.63) is 71.3 Å². The van der Waals surface area contributed by atoms with Crippen molar-refractivity contribution in [3.8, 4) is 0 Å². The maximum atomic E-state index is 12.7. The Morgan fingerprint density at radius 2 is 1.97 bits per heavy atom. The number of hydrogen-bond donors (Lipinski definition) is 2. The predicted octanol–water partition coefficient (Wildman–Crippen LogP) is 2.13. The molecule has 8 nitrogen and oxygen atoms in total. The third-order valence-electron chi connectivity index (χ3n) is 4.87. The third-order valence-corrected chi connectivity index (χ3v) is 7.17. The summed E-state index contributed by atoms with van der Waals surface area (Å²) in [5, 5.41) is 11.6. The molecule has 0 spiro atoms. The fraction of sp³-hybridized carbons (Fsp3) is 0.238. The lowest BCUT2D eigenvalue weighted by atomic mass is 10.0. The van der Waals surface area contributed by atoms with Crippen molar-refractivity contribution in [3.63, 3.8) is 0 Å². The van der Waals surface area contributed by atoms with Crippen LogP contribution in [0.25, 0.3) is 0 Å². The van der Waals surface area contributed by atoms with E-state index in [9.17, 15) is 24.3 Å². The first-order chi connectivity index (χ1) is 15.0. The Bertz CT molecular complexity index is 1050. The predicted molar refractivity (Wildman–Crippen MR) is 115 cm³/mol. The smallest absolute Gasteiger partial charge is 0.352 e. The molecule has 2 unspecified atom stereocenters. The second kappa shape index (κ2) is 9.03. The van der Waals surface area contributed by atoms with Crippen molar-refractivity contribution in [2.75, 3.05) is 11.5 Å². The Morgan fingerprint density at radius 1 is 1.19 bits per heavy atom. The van der Waals surface area contributed by atoms with Crippen LogP contribution in [0.2, 0.25) is 0 Å². The summed E-state index contributed by atoms with van der Waals surface area (Å²) in [5.41, 5.74) is 1.20. The van der Waals surface area contributed by atoms with Gasteiger partial charge in [-0.2, -0.15) is 0 Å². The second-order valence-electron chi connectivity index (χ2n) is 6.93. The Hall–Kier alpha value is -2.98. The molecule has 0 radical (unpaired) electrons. The Morgan fingerprint density at radius 3 is 2.65 bits per heavy atom. The minimum absolute atomic E-state index is 0.109. The number of benzene rings is 1. The molecule has 2 atom stereocenters. The van der Waals surface area contributed by atoms with E-state index in [-0.39, 0.29) is 34.7 Å². The number of fused-ring (bicyclic) bond motifs is 1. The Labute approximate surface area is 186 Å². The topological polar surface area (TPSA) is 117 Å². The van der Waals surface area contributed by atoms with Crippen LogP contribution in [0.5, 0.6) is 0 Å². The first kappa shape index (κ1) is 21.3. The van der Waals surface area contributed by atoms with Crippen LogP contribution in [0.3, 0.4) is 0 Å². The van der Waals surface area contributed by atoms with Gasteiger partial charge in [0.1, 0.15) is 17.1 Å². The van der Waals surface area contributed by atoms with E-state index < -0.39 is 23.3 Å². The summed E-state index contributed by atoms with van der Waals surface area (Å²) in [6.45, 7) is 0. The van der Waals surface area contributed by atoms with Gasteiger partial charge in [0.05, 0.1) is 12.7 Å². The first-order valence-corrected chi connectivity index (χ1v) is 11.4. The number of carboxylic acid groups (broad SMARTS) is 1. The minimum atomic E-state index is -1.23. The van der Waals surface area contributed by atoms with Crippen LogP contribution in [0.1, 0.15) is 16.1 Å². The van der Waals surface area contributed by atoms with E-state index in [0.29, 0.717) is 11.3 Å². The minimum Gasteiger partial charge on any atom is -0.477 e. The number of aliphatic carboxylic acids is 1. The Kier molecular flexibility index (Phi) is 6.19. The van der Waals surface area contributed by atoms with Crippen LogP contribution >= 0.6 is 23.5 Å². The molecule has 2 aromatic rings. The lowest BCUT2D eigenvalue weighted by Gasteiger charge is -2.49. The van der Waals surface area contributed by atoms with Crippen LogP contribution in [0.4, 0.5) is 0 Å². The van der Waals surface area contributed by atoms with Gasteiger partial charge in [0.2, 0.25) is 5.91 Å². The van der Waals surface area contributed by atoms with Gasteiger partial charge >= 0.3 is 5.97 Å². The lowest BCUT2D eigenvalue weighted by Crippen LogP contribution is -2.70. The summed E-state index contributed by atoms with van der Waals surface area (Å²) in [7, 11) is 0. The molecule has 0 aliphatic carbocycles. The highest BCUT2D eigenvalue weighted by molar-refractivity contribution is 8.14. The maximum absolute atomic E-state index is 12.7. The fourth-order valence-electron chi connectivity index (χ4n) is 3.42. The van der Waals surface area contributed by atoms with Gasteiger partial charge in [0.25, 0.3) is 11.0 Å². The number of nitrogens with zero attached hydrogens (tertiary/aromatic N) is 1. The quantitative estimate of drug-likeness (QED) is 0.606. The summed E-state index contributed by atoms with van der Waals surface area (Å²) in [6.07, 6.45) is 1.53. The van der Waals surface area contributed by atoms with Crippen molar-refractivity contribution in [1.29, 1.82) is 0 Å². The largest absolute Gasteiger partial charge is 0.477 e. The van der Waals surface area contributed by atoms with Gasteiger partial charge in [-0.3, -0.25) is 19.3 Å². The molecule has 1 aromatic heterocycles. The summed E-state index contributed by atoms with van der Waals surface area (Å²) in [5.74, 6) is -1.32. The molecule has 2 N–H and O–H groups in total. The standard InChI is InChI=1S/C21H18N2O6S2/c24-15(9-12-5-2-1-3-6-12)22-16-18(25)23-17(20(26)27)13(10-30-19(16)23)11-31-21(28)14-7-4-8-29-14/h1-8,16,19H,9-11H2,(H,22,24)(H,26,27). The van der Waals surface area contributed by atoms with E-state index in [1.165, 1.54) is 29.0 Å². The number of amides is 2. The number of carbonyl (C=O) groups is 4. The Balaban J connectivity index is 1.42. The number of carbonyl (C=O) groups excluding carboxylic acids is 3. The van der Waals surface area contributed by atoms with Crippen LogP contribution < -0.4 is 5.32 Å². The van der Waals surface area contributed by atoms with Gasteiger partial charge in [0, 0.05) is 11.5 Å². The SMILES string of the molecule is O=C(Cc1ccccc1)NC1C(=O)N2C(C(=O)O)=C(CSC(=O)c3ccco3)CSC12. The highest BCUT2D eigenvalue weighted by Crippen LogP contribution is 2.41. The van der Waals surface area contributed by atoms with Crippen LogP contribution in [-0.4, -0.2) is 55.8 Å². The summed E-state index contributed by atoms with van der Waals surface area (Å²) in [4.78, 5) is 50.2. The average Bonchev–Trinajstić information content (AvgIpc) is 3.30. The number of rotatable bonds is 7. The van der Waals surface area contributed by atoms with Crippen molar-refractivity contribution in [2.45, 2.75) is 17.8 Å². The molecule has 0 saturated carbocycles. The molecule has 2 aliphatic rings.